The summed E-state index contributed by atoms with van der Waals surface area (Å²) in [5.74, 6) is -0.346. The predicted octanol–water partition coefficient (Wildman–Crippen LogP) is 4.81. The van der Waals surface area contributed by atoms with Crippen LogP contribution in [0.5, 0.6) is 0 Å². The lowest BCUT2D eigenvalue weighted by Crippen LogP contribution is -2.46. The zero-order valence-electron chi connectivity index (χ0n) is 20.7. The number of nitro groups is 1. The van der Waals surface area contributed by atoms with Gasteiger partial charge in [-0.1, -0.05) is 48.5 Å². The molecule has 0 radical (unpaired) electrons. The van der Waals surface area contributed by atoms with Crippen molar-refractivity contribution in [1.82, 2.24) is 18.9 Å². The zero-order chi connectivity index (χ0) is 26.8. The second-order valence-electron chi connectivity index (χ2n) is 9.39. The minimum Gasteiger partial charge on any atom is -0.280 e. The van der Waals surface area contributed by atoms with E-state index in [-0.39, 0.29) is 24.1 Å². The normalized spacial score (nSPS) is 14.5. The number of halogens is 1. The first-order chi connectivity index (χ1) is 18.3. The number of hydrogen-bond donors (Lipinski definition) is 0. The molecule has 0 spiro atoms. The van der Waals surface area contributed by atoms with E-state index in [1.807, 2.05) is 30.3 Å². The summed E-state index contributed by atoms with van der Waals surface area (Å²) in [4.78, 5) is 38.4. The van der Waals surface area contributed by atoms with Gasteiger partial charge in [0.1, 0.15) is 11.5 Å². The Labute approximate surface area is 217 Å². The average Bonchev–Trinajstić information content (AvgIpc) is 3.32. The van der Waals surface area contributed by atoms with Gasteiger partial charge in [0.25, 0.3) is 0 Å². The van der Waals surface area contributed by atoms with Gasteiger partial charge in [-0.3, -0.25) is 28.7 Å². The van der Waals surface area contributed by atoms with E-state index >= 15 is 0 Å². The van der Waals surface area contributed by atoms with Crippen LogP contribution in [0.2, 0.25) is 0 Å². The minimum absolute atomic E-state index is 0.0845. The molecule has 2 aromatic heterocycles. The van der Waals surface area contributed by atoms with Gasteiger partial charge in [-0.2, -0.15) is 5.10 Å². The van der Waals surface area contributed by atoms with Crippen LogP contribution in [0, 0.1) is 15.9 Å². The van der Waals surface area contributed by atoms with Crippen molar-refractivity contribution in [3.05, 3.63) is 126 Å². The summed E-state index contributed by atoms with van der Waals surface area (Å²) in [6.45, 7) is 1.98. The minimum atomic E-state index is -0.892. The van der Waals surface area contributed by atoms with Gasteiger partial charge in [0.05, 0.1) is 23.7 Å². The van der Waals surface area contributed by atoms with Gasteiger partial charge in [-0.15, -0.1) is 0 Å². The highest BCUT2D eigenvalue weighted by atomic mass is 19.1. The molecule has 2 heterocycles. The number of benzene rings is 2. The van der Waals surface area contributed by atoms with Crippen LogP contribution < -0.4 is 11.2 Å². The molecular formula is C28H26FN5O4. The van der Waals surface area contributed by atoms with Crippen LogP contribution in [0.4, 0.5) is 10.1 Å². The molecule has 1 fully saturated rings. The molecule has 10 heteroatoms. The molecule has 1 aliphatic carbocycles. The van der Waals surface area contributed by atoms with Crippen molar-refractivity contribution < 1.29 is 9.31 Å². The molecule has 4 aromatic rings. The molecule has 0 amide bonds. The maximum atomic E-state index is 14.0. The van der Waals surface area contributed by atoms with Crippen LogP contribution in [0.25, 0.3) is 12.2 Å². The van der Waals surface area contributed by atoms with Crippen LogP contribution >= 0.6 is 0 Å². The first kappa shape index (κ1) is 25.1. The molecule has 0 bridgehead atoms. The smallest absolute Gasteiger partial charge is 0.280 e. The number of hydrogen-bond acceptors (Lipinski definition) is 5. The van der Waals surface area contributed by atoms with E-state index < -0.39 is 27.9 Å². The van der Waals surface area contributed by atoms with E-state index in [1.54, 1.807) is 42.1 Å². The fraction of sp³-hybridized carbons (Fsp3) is 0.250. The first-order valence-corrected chi connectivity index (χ1v) is 12.4. The van der Waals surface area contributed by atoms with Gasteiger partial charge in [0.2, 0.25) is 0 Å². The van der Waals surface area contributed by atoms with Gasteiger partial charge in [0.15, 0.2) is 0 Å². The van der Waals surface area contributed by atoms with E-state index in [9.17, 15) is 24.1 Å². The van der Waals surface area contributed by atoms with E-state index in [1.165, 1.54) is 22.9 Å². The summed E-state index contributed by atoms with van der Waals surface area (Å²) in [5.41, 5.74) is -0.382. The Morgan fingerprint density at radius 3 is 2.47 bits per heavy atom. The third kappa shape index (κ3) is 4.72. The topological polar surface area (TPSA) is 105 Å². The molecule has 0 aliphatic heterocycles. The Kier molecular flexibility index (Phi) is 6.87. The van der Waals surface area contributed by atoms with E-state index in [0.717, 1.165) is 16.6 Å². The van der Waals surface area contributed by atoms with Crippen molar-refractivity contribution in [2.75, 3.05) is 0 Å². The Morgan fingerprint density at radius 2 is 1.82 bits per heavy atom. The van der Waals surface area contributed by atoms with Crippen LogP contribution in [-0.4, -0.2) is 23.8 Å². The van der Waals surface area contributed by atoms with Crippen molar-refractivity contribution in [2.24, 2.45) is 0 Å². The second kappa shape index (κ2) is 10.4. The van der Waals surface area contributed by atoms with E-state index in [0.29, 0.717) is 24.0 Å². The second-order valence-corrected chi connectivity index (χ2v) is 9.39. The molecule has 5 rings (SSSR count). The number of aromatic nitrogens is 4. The molecule has 0 saturated heterocycles. The monoisotopic (exact) mass is 515 g/mol. The molecule has 194 valence electrons. The maximum absolute atomic E-state index is 14.0. The maximum Gasteiger partial charge on any atom is 0.357 e. The molecule has 1 saturated carbocycles. The summed E-state index contributed by atoms with van der Waals surface area (Å²) in [5, 5.41) is 16.4. The standard InChI is InChI=1S/C28H26FN5O4/c1-19(21-8-3-2-4-9-21)32-25(26(34(37)38)27(35)33(28(32)36)23-11-7-12-23)15-14-20-16-30-31(17-20)18-22-10-5-6-13-24(22)29/h2-6,8-10,13-17,19,23H,7,11-12,18H2,1H3. The molecular weight excluding hydrogens is 489 g/mol. The number of rotatable bonds is 8. The summed E-state index contributed by atoms with van der Waals surface area (Å²) in [7, 11) is 0. The van der Waals surface area contributed by atoms with Crippen LogP contribution in [-0.2, 0) is 6.54 Å². The van der Waals surface area contributed by atoms with Crippen molar-refractivity contribution in [3.63, 3.8) is 0 Å². The highest BCUT2D eigenvalue weighted by Crippen LogP contribution is 2.31. The summed E-state index contributed by atoms with van der Waals surface area (Å²) < 4.78 is 18.0. The van der Waals surface area contributed by atoms with E-state index in [4.69, 9.17) is 0 Å². The largest absolute Gasteiger partial charge is 0.357 e. The van der Waals surface area contributed by atoms with Gasteiger partial charge < -0.3 is 0 Å². The first-order valence-electron chi connectivity index (χ1n) is 12.4. The van der Waals surface area contributed by atoms with Crippen molar-refractivity contribution in [2.45, 2.75) is 44.8 Å². The van der Waals surface area contributed by atoms with Crippen LogP contribution in [0.1, 0.15) is 60.7 Å². The van der Waals surface area contributed by atoms with Crippen molar-refractivity contribution in [1.29, 1.82) is 0 Å². The summed E-state index contributed by atoms with van der Waals surface area (Å²) in [6, 6.07) is 14.6. The highest BCUT2D eigenvalue weighted by molar-refractivity contribution is 5.71. The molecule has 9 nitrogen and oxygen atoms in total. The van der Waals surface area contributed by atoms with Gasteiger partial charge in [-0.25, -0.2) is 9.18 Å². The lowest BCUT2D eigenvalue weighted by atomic mass is 9.93. The van der Waals surface area contributed by atoms with Crippen molar-refractivity contribution >= 4 is 17.8 Å². The molecule has 1 atom stereocenters. The Hall–Kier alpha value is -4.60. The van der Waals surface area contributed by atoms with Gasteiger partial charge in [-0.05, 0) is 50.0 Å². The quantitative estimate of drug-likeness (QED) is 0.247. The van der Waals surface area contributed by atoms with Crippen molar-refractivity contribution in [3.8, 4) is 0 Å². The van der Waals surface area contributed by atoms with Crippen LogP contribution in [0.3, 0.4) is 0 Å². The van der Waals surface area contributed by atoms with Gasteiger partial charge >= 0.3 is 16.9 Å². The highest BCUT2D eigenvalue weighted by Gasteiger charge is 2.33. The lowest BCUT2D eigenvalue weighted by Gasteiger charge is -2.29. The third-order valence-electron chi connectivity index (χ3n) is 7.00. The van der Waals surface area contributed by atoms with Crippen LogP contribution in [0.15, 0.2) is 76.6 Å². The number of nitrogens with zero attached hydrogens (tertiary/aromatic N) is 5. The fourth-order valence-electron chi connectivity index (χ4n) is 4.72. The third-order valence-corrected chi connectivity index (χ3v) is 7.00. The molecule has 1 unspecified atom stereocenters. The summed E-state index contributed by atoms with van der Waals surface area (Å²) in [6.07, 6.45) is 8.28. The molecule has 2 aromatic carbocycles. The van der Waals surface area contributed by atoms with E-state index in [2.05, 4.69) is 5.10 Å². The SMILES string of the molecule is CC(c1ccccc1)n1c(C=Cc2cnn(Cc3ccccc3F)c2)c([N+](=O)[O-])c(=O)n(C2CCC2)c1=O. The predicted molar refractivity (Wildman–Crippen MR) is 141 cm³/mol. The molecule has 38 heavy (non-hydrogen) atoms. The average molecular weight is 516 g/mol. The Bertz CT molecular complexity index is 1630. The zero-order valence-corrected chi connectivity index (χ0v) is 20.7. The fourth-order valence-corrected chi connectivity index (χ4v) is 4.72. The molecule has 0 N–H and O–H groups in total. The molecule has 1 aliphatic rings. The Morgan fingerprint density at radius 1 is 1.11 bits per heavy atom. The Balaban J connectivity index is 1.61. The summed E-state index contributed by atoms with van der Waals surface area (Å²) >= 11 is 0. The van der Waals surface area contributed by atoms with Gasteiger partial charge in [0, 0.05) is 23.4 Å². The lowest BCUT2D eigenvalue weighted by molar-refractivity contribution is -0.387.